The van der Waals surface area contributed by atoms with Crippen molar-refractivity contribution in [3.63, 3.8) is 0 Å². The zero-order chi connectivity index (χ0) is 13.5. The lowest BCUT2D eigenvalue weighted by atomic mass is 10.1. The number of nitrogens with one attached hydrogen (secondary N) is 1. The molecule has 0 rings (SSSR count). The predicted octanol–water partition coefficient (Wildman–Crippen LogP) is 5.42. The lowest BCUT2D eigenvalue weighted by Crippen LogP contribution is -2.20. The van der Waals surface area contributed by atoms with Crippen LogP contribution in [0.4, 0.5) is 0 Å². The fourth-order valence-corrected chi connectivity index (χ4v) is 2.86. The first-order valence-corrected chi connectivity index (χ1v) is 8.74. The van der Waals surface area contributed by atoms with Crippen molar-refractivity contribution in [2.45, 2.75) is 72.1 Å². The van der Waals surface area contributed by atoms with E-state index in [0.717, 1.165) is 18.3 Å². The molecule has 0 aliphatic heterocycles. The summed E-state index contributed by atoms with van der Waals surface area (Å²) in [6.45, 7) is 8.35. The van der Waals surface area contributed by atoms with E-state index in [9.17, 15) is 0 Å². The van der Waals surface area contributed by atoms with Crippen LogP contribution in [0.3, 0.4) is 0 Å². The monoisotopic (exact) mass is 352 g/mol. The van der Waals surface area contributed by atoms with Gasteiger partial charge in [-0.1, -0.05) is 63.6 Å². The molecular weight excluding hydrogens is 320 g/mol. The van der Waals surface area contributed by atoms with Crippen LogP contribution in [0.5, 0.6) is 0 Å². The third-order valence-electron chi connectivity index (χ3n) is 2.87. The second-order valence-electron chi connectivity index (χ2n) is 4.63. The highest BCUT2D eigenvalue weighted by Crippen LogP contribution is 2.11. The lowest BCUT2D eigenvalue weighted by Gasteiger charge is -2.07. The van der Waals surface area contributed by atoms with Crippen molar-refractivity contribution in [2.24, 2.45) is 4.99 Å². The van der Waals surface area contributed by atoms with Crippen LogP contribution in [0, 0.1) is 0 Å². The molecule has 0 saturated heterocycles. The summed E-state index contributed by atoms with van der Waals surface area (Å²) in [6, 6.07) is 0. The van der Waals surface area contributed by atoms with Gasteiger partial charge in [-0.2, -0.15) is 0 Å². The Morgan fingerprint density at radius 2 is 1.47 bits per heavy atom. The molecular formula is C15H33BrN2S. The minimum Gasteiger partial charge on any atom is -0.365 e. The zero-order valence-corrected chi connectivity index (χ0v) is 15.6. The fraction of sp³-hybridized carbons (Fsp3) is 0.933. The topological polar surface area (TPSA) is 24.4 Å². The highest BCUT2D eigenvalue weighted by atomic mass is 79.9. The van der Waals surface area contributed by atoms with Gasteiger partial charge in [-0.3, -0.25) is 4.99 Å². The van der Waals surface area contributed by atoms with Gasteiger partial charge in [0.25, 0.3) is 0 Å². The van der Waals surface area contributed by atoms with E-state index >= 15 is 0 Å². The Bertz CT molecular complexity index is 199. The van der Waals surface area contributed by atoms with Crippen molar-refractivity contribution < 1.29 is 0 Å². The molecule has 0 atom stereocenters. The molecule has 0 saturated carbocycles. The number of amidine groups is 1. The molecule has 0 aromatic heterocycles. The van der Waals surface area contributed by atoms with Crippen LogP contribution in [0.15, 0.2) is 4.99 Å². The molecule has 0 radical (unpaired) electrons. The van der Waals surface area contributed by atoms with Gasteiger partial charge in [-0.05, 0) is 20.3 Å². The molecule has 0 aliphatic rings. The first-order valence-electron chi connectivity index (χ1n) is 7.76. The molecule has 4 heteroatoms. The Morgan fingerprint density at radius 3 is 2.00 bits per heavy atom. The SMILES string of the molecule is Br.CCCCCCCCCCSC(=NCC)NCC. The van der Waals surface area contributed by atoms with Crippen LogP contribution in [0.2, 0.25) is 0 Å². The quantitative estimate of drug-likeness (QED) is 0.304. The van der Waals surface area contributed by atoms with Crippen LogP contribution in [-0.4, -0.2) is 24.0 Å². The maximum atomic E-state index is 4.45. The summed E-state index contributed by atoms with van der Waals surface area (Å²) >= 11 is 1.88. The first kappa shape index (κ1) is 21.6. The van der Waals surface area contributed by atoms with E-state index in [4.69, 9.17) is 0 Å². The number of hydrogen-bond donors (Lipinski definition) is 1. The molecule has 19 heavy (non-hydrogen) atoms. The predicted molar refractivity (Wildman–Crippen MR) is 97.0 cm³/mol. The third-order valence-corrected chi connectivity index (χ3v) is 3.91. The number of thioether (sulfide) groups is 1. The van der Waals surface area contributed by atoms with E-state index in [-0.39, 0.29) is 17.0 Å². The molecule has 0 amide bonds. The summed E-state index contributed by atoms with van der Waals surface area (Å²) in [5.41, 5.74) is 0. The van der Waals surface area contributed by atoms with Gasteiger partial charge in [0.05, 0.1) is 0 Å². The molecule has 0 aliphatic carbocycles. The zero-order valence-electron chi connectivity index (χ0n) is 13.0. The van der Waals surface area contributed by atoms with Crippen molar-refractivity contribution in [2.75, 3.05) is 18.8 Å². The van der Waals surface area contributed by atoms with Crippen molar-refractivity contribution in [1.29, 1.82) is 0 Å². The second-order valence-corrected chi connectivity index (χ2v) is 5.72. The molecule has 2 nitrogen and oxygen atoms in total. The normalized spacial score (nSPS) is 11.2. The lowest BCUT2D eigenvalue weighted by molar-refractivity contribution is 0.586. The van der Waals surface area contributed by atoms with E-state index in [1.54, 1.807) is 0 Å². The maximum absolute atomic E-state index is 4.45. The van der Waals surface area contributed by atoms with E-state index in [1.807, 2.05) is 11.8 Å². The number of aliphatic imine (C=N–C) groups is 1. The highest BCUT2D eigenvalue weighted by Gasteiger charge is 1.98. The molecule has 0 bridgehead atoms. The maximum Gasteiger partial charge on any atom is 0.156 e. The van der Waals surface area contributed by atoms with E-state index in [2.05, 4.69) is 31.1 Å². The van der Waals surface area contributed by atoms with Gasteiger partial charge in [-0.25, -0.2) is 0 Å². The molecule has 0 spiro atoms. The minimum absolute atomic E-state index is 0. The van der Waals surface area contributed by atoms with Gasteiger partial charge in [0.15, 0.2) is 5.17 Å². The summed E-state index contributed by atoms with van der Waals surface area (Å²) in [7, 11) is 0. The first-order chi connectivity index (χ1) is 8.85. The standard InChI is InChI=1S/C15H32N2S.BrH/c1-4-7-8-9-10-11-12-13-14-18-15(16-5-2)17-6-3;/h4-14H2,1-3H3,(H,16,17);1H. The Labute approximate surface area is 135 Å². The Hall–Kier alpha value is 0.300. The summed E-state index contributed by atoms with van der Waals surface area (Å²) in [5, 5.41) is 4.45. The van der Waals surface area contributed by atoms with Crippen LogP contribution >= 0.6 is 28.7 Å². The average Bonchev–Trinajstić information content (AvgIpc) is 2.37. The van der Waals surface area contributed by atoms with E-state index in [1.165, 1.54) is 57.1 Å². The Kier molecular flexibility index (Phi) is 20.8. The molecule has 0 fully saturated rings. The van der Waals surface area contributed by atoms with Crippen molar-refractivity contribution in [3.05, 3.63) is 0 Å². The Balaban J connectivity index is 0. The van der Waals surface area contributed by atoms with Crippen molar-refractivity contribution >= 4 is 33.9 Å². The number of hydrogen-bond acceptors (Lipinski definition) is 2. The van der Waals surface area contributed by atoms with Gasteiger partial charge in [-0.15, -0.1) is 17.0 Å². The average molecular weight is 353 g/mol. The molecule has 116 valence electrons. The molecule has 0 aromatic carbocycles. The number of rotatable bonds is 11. The van der Waals surface area contributed by atoms with Crippen LogP contribution in [0.25, 0.3) is 0 Å². The third kappa shape index (κ3) is 16.2. The van der Waals surface area contributed by atoms with Crippen LogP contribution < -0.4 is 5.32 Å². The second kappa shape index (κ2) is 18.3. The van der Waals surface area contributed by atoms with Crippen molar-refractivity contribution in [1.82, 2.24) is 5.32 Å². The molecule has 1 N–H and O–H groups in total. The molecule has 0 heterocycles. The number of halogens is 1. The summed E-state index contributed by atoms with van der Waals surface area (Å²) in [5.74, 6) is 1.21. The van der Waals surface area contributed by atoms with Gasteiger partial charge in [0.1, 0.15) is 0 Å². The van der Waals surface area contributed by atoms with E-state index in [0.29, 0.717) is 0 Å². The van der Waals surface area contributed by atoms with Gasteiger partial charge in [0.2, 0.25) is 0 Å². The molecule has 0 unspecified atom stereocenters. The minimum atomic E-state index is 0. The summed E-state index contributed by atoms with van der Waals surface area (Å²) < 4.78 is 0. The Morgan fingerprint density at radius 1 is 0.895 bits per heavy atom. The van der Waals surface area contributed by atoms with Gasteiger partial charge in [0, 0.05) is 18.8 Å². The van der Waals surface area contributed by atoms with Gasteiger partial charge >= 0.3 is 0 Å². The fourth-order valence-electron chi connectivity index (χ4n) is 1.85. The van der Waals surface area contributed by atoms with Crippen LogP contribution in [0.1, 0.15) is 72.1 Å². The highest BCUT2D eigenvalue weighted by molar-refractivity contribution is 8.93. The van der Waals surface area contributed by atoms with E-state index < -0.39 is 0 Å². The summed E-state index contributed by atoms with van der Waals surface area (Å²) in [4.78, 5) is 4.45. The van der Waals surface area contributed by atoms with Crippen molar-refractivity contribution in [3.8, 4) is 0 Å². The smallest absolute Gasteiger partial charge is 0.156 e. The number of unbranched alkanes of at least 4 members (excludes halogenated alkanes) is 7. The van der Waals surface area contributed by atoms with Crippen LogP contribution in [-0.2, 0) is 0 Å². The molecule has 0 aromatic rings. The summed E-state index contributed by atoms with van der Waals surface area (Å²) in [6.07, 6.45) is 11.2. The number of nitrogens with zero attached hydrogens (tertiary/aromatic N) is 1. The largest absolute Gasteiger partial charge is 0.365 e. The van der Waals surface area contributed by atoms with Gasteiger partial charge < -0.3 is 5.32 Å².